The molecule has 84 valence electrons. The van der Waals surface area contributed by atoms with E-state index in [0.717, 1.165) is 29.8 Å². The van der Waals surface area contributed by atoms with Crippen LogP contribution in [0, 0.1) is 0 Å². The molecule has 1 aromatic heterocycles. The van der Waals surface area contributed by atoms with Gasteiger partial charge in [-0.2, -0.15) is 0 Å². The fraction of sp³-hybridized carbons (Fsp3) is 0.400. The van der Waals surface area contributed by atoms with Gasteiger partial charge in [-0.3, -0.25) is 9.89 Å². The molecule has 0 saturated heterocycles. The van der Waals surface area contributed by atoms with Gasteiger partial charge in [-0.15, -0.1) is 11.3 Å². The summed E-state index contributed by atoms with van der Waals surface area (Å²) in [5, 5.41) is 2.07. The van der Waals surface area contributed by atoms with Crippen molar-refractivity contribution in [2.45, 2.75) is 12.5 Å². The molecular weight excluding hydrogens is 288 g/mol. The highest BCUT2D eigenvalue weighted by Crippen LogP contribution is 2.33. The number of amidine groups is 1. The number of hydrogen-bond donors (Lipinski definition) is 1. The third-order valence-electron chi connectivity index (χ3n) is 2.79. The Morgan fingerprint density at radius 3 is 3.19 bits per heavy atom. The van der Waals surface area contributed by atoms with Crippen LogP contribution in [0.5, 0.6) is 0 Å². The summed E-state index contributed by atoms with van der Waals surface area (Å²) < 4.78 is 1.11. The molecule has 2 aliphatic heterocycles. The zero-order chi connectivity index (χ0) is 11.1. The van der Waals surface area contributed by atoms with E-state index in [2.05, 4.69) is 37.4 Å². The summed E-state index contributed by atoms with van der Waals surface area (Å²) in [4.78, 5) is 12.3. The smallest absolute Gasteiger partial charge is 0.197 e. The molecule has 6 heteroatoms. The second kappa shape index (κ2) is 3.85. The summed E-state index contributed by atoms with van der Waals surface area (Å²) in [6.45, 7) is 1.72. The molecule has 3 rings (SSSR count). The predicted octanol–water partition coefficient (Wildman–Crippen LogP) is 1.98. The molecule has 2 N–H and O–H groups in total. The van der Waals surface area contributed by atoms with Crippen LogP contribution in [0.25, 0.3) is 0 Å². The van der Waals surface area contributed by atoms with Gasteiger partial charge < -0.3 is 5.73 Å². The van der Waals surface area contributed by atoms with E-state index >= 15 is 0 Å². The van der Waals surface area contributed by atoms with Gasteiger partial charge >= 0.3 is 0 Å². The molecule has 0 saturated carbocycles. The third-order valence-corrected chi connectivity index (χ3v) is 4.58. The lowest BCUT2D eigenvalue weighted by molar-refractivity contribution is 0.583. The topological polar surface area (TPSA) is 54.0 Å². The number of rotatable bonds is 1. The first-order chi connectivity index (χ1) is 7.74. The van der Waals surface area contributed by atoms with Crippen LogP contribution in [0.3, 0.4) is 0 Å². The van der Waals surface area contributed by atoms with E-state index in [1.165, 1.54) is 4.88 Å². The van der Waals surface area contributed by atoms with E-state index in [1.807, 2.05) is 4.90 Å². The molecule has 0 fully saturated rings. The fourth-order valence-corrected chi connectivity index (χ4v) is 3.51. The van der Waals surface area contributed by atoms with Crippen molar-refractivity contribution in [3.8, 4) is 0 Å². The minimum Gasteiger partial charge on any atom is -0.369 e. The minimum atomic E-state index is 0.143. The second-order valence-electron chi connectivity index (χ2n) is 3.82. The predicted molar refractivity (Wildman–Crippen MR) is 70.0 cm³/mol. The Kier molecular flexibility index (Phi) is 2.48. The van der Waals surface area contributed by atoms with Gasteiger partial charge in [0, 0.05) is 27.7 Å². The van der Waals surface area contributed by atoms with Gasteiger partial charge in [0.2, 0.25) is 0 Å². The number of guanidine groups is 1. The summed E-state index contributed by atoms with van der Waals surface area (Å²) in [6, 6.07) is 2.25. The number of thiophene rings is 1. The number of nitrogens with two attached hydrogens (primary N) is 1. The van der Waals surface area contributed by atoms with Crippen LogP contribution < -0.4 is 5.73 Å². The quantitative estimate of drug-likeness (QED) is 0.862. The Morgan fingerprint density at radius 1 is 1.56 bits per heavy atom. The Balaban J connectivity index is 1.93. The van der Waals surface area contributed by atoms with Gasteiger partial charge in [-0.1, -0.05) is 0 Å². The molecule has 3 heterocycles. The van der Waals surface area contributed by atoms with Crippen molar-refractivity contribution in [3.05, 3.63) is 20.8 Å². The van der Waals surface area contributed by atoms with Crippen LogP contribution >= 0.6 is 27.3 Å². The average Bonchev–Trinajstić information content (AvgIpc) is 2.85. The number of fused-ring (bicyclic) bond motifs is 1. The largest absolute Gasteiger partial charge is 0.369 e. The maximum absolute atomic E-state index is 5.94. The zero-order valence-corrected chi connectivity index (χ0v) is 11.0. The van der Waals surface area contributed by atoms with Gasteiger partial charge in [0.1, 0.15) is 5.84 Å². The SMILES string of the molecule is NC1=N[C@H](c2cc(Br)cs2)CC2=NCCN12. The van der Waals surface area contributed by atoms with Crippen molar-refractivity contribution >= 4 is 39.1 Å². The maximum Gasteiger partial charge on any atom is 0.197 e. The highest BCUT2D eigenvalue weighted by atomic mass is 79.9. The Labute approximate surface area is 106 Å². The Bertz CT molecular complexity index is 479. The highest BCUT2D eigenvalue weighted by Gasteiger charge is 2.29. The minimum absolute atomic E-state index is 0.143. The number of aliphatic imine (C=N–C) groups is 2. The van der Waals surface area contributed by atoms with Crippen LogP contribution in [0.15, 0.2) is 25.9 Å². The van der Waals surface area contributed by atoms with Crippen molar-refractivity contribution in [2.75, 3.05) is 13.1 Å². The van der Waals surface area contributed by atoms with Gasteiger partial charge in [-0.25, -0.2) is 4.99 Å². The molecule has 1 aromatic rings. The lowest BCUT2D eigenvalue weighted by Gasteiger charge is -2.27. The third kappa shape index (κ3) is 1.66. The summed E-state index contributed by atoms with van der Waals surface area (Å²) in [5.41, 5.74) is 5.94. The van der Waals surface area contributed by atoms with Crippen LogP contribution in [-0.2, 0) is 0 Å². The number of hydrogen-bond acceptors (Lipinski definition) is 5. The molecule has 16 heavy (non-hydrogen) atoms. The summed E-state index contributed by atoms with van der Waals surface area (Å²) >= 11 is 5.17. The molecule has 0 radical (unpaired) electrons. The molecule has 1 atom stereocenters. The summed E-state index contributed by atoms with van der Waals surface area (Å²) in [7, 11) is 0. The number of halogens is 1. The fourth-order valence-electron chi connectivity index (χ4n) is 2.03. The highest BCUT2D eigenvalue weighted by molar-refractivity contribution is 9.10. The van der Waals surface area contributed by atoms with Crippen molar-refractivity contribution < 1.29 is 0 Å². The standard InChI is InChI=1S/C10H11BrN4S/c11-6-3-8(16-5-6)7-4-9-13-1-2-15(9)10(12)14-7/h3,5,7H,1-2,4H2,(H2,12,14)/t7-/m0/s1. The molecular formula is C10H11BrN4S. The molecule has 0 unspecified atom stereocenters. The molecule has 0 aromatic carbocycles. The molecule has 0 aliphatic carbocycles. The van der Waals surface area contributed by atoms with Gasteiger partial charge in [-0.05, 0) is 22.0 Å². The van der Waals surface area contributed by atoms with E-state index in [0.29, 0.717) is 5.96 Å². The van der Waals surface area contributed by atoms with Crippen LogP contribution in [0.1, 0.15) is 17.3 Å². The average molecular weight is 299 g/mol. The van der Waals surface area contributed by atoms with Gasteiger partial charge in [0.05, 0.1) is 12.6 Å². The molecule has 0 spiro atoms. The van der Waals surface area contributed by atoms with E-state index in [-0.39, 0.29) is 6.04 Å². The first-order valence-electron chi connectivity index (χ1n) is 5.12. The van der Waals surface area contributed by atoms with Gasteiger partial charge in [0.25, 0.3) is 0 Å². The van der Waals surface area contributed by atoms with Crippen molar-refractivity contribution in [1.29, 1.82) is 0 Å². The van der Waals surface area contributed by atoms with Crippen LogP contribution in [-0.4, -0.2) is 29.8 Å². The number of nitrogens with zero attached hydrogens (tertiary/aromatic N) is 3. The van der Waals surface area contributed by atoms with Crippen molar-refractivity contribution in [1.82, 2.24) is 4.90 Å². The molecule has 0 bridgehead atoms. The molecule has 4 nitrogen and oxygen atoms in total. The molecule has 0 amide bonds. The van der Waals surface area contributed by atoms with Crippen molar-refractivity contribution in [2.24, 2.45) is 15.7 Å². The van der Waals surface area contributed by atoms with E-state index in [4.69, 9.17) is 5.73 Å². The van der Waals surface area contributed by atoms with E-state index < -0.39 is 0 Å². The lowest BCUT2D eigenvalue weighted by Crippen LogP contribution is -2.43. The van der Waals surface area contributed by atoms with Crippen LogP contribution in [0.2, 0.25) is 0 Å². The lowest BCUT2D eigenvalue weighted by atomic mass is 10.1. The van der Waals surface area contributed by atoms with Gasteiger partial charge in [0.15, 0.2) is 5.96 Å². The van der Waals surface area contributed by atoms with E-state index in [9.17, 15) is 0 Å². The zero-order valence-electron chi connectivity index (χ0n) is 8.56. The maximum atomic E-state index is 5.94. The van der Waals surface area contributed by atoms with Crippen LogP contribution in [0.4, 0.5) is 0 Å². The summed E-state index contributed by atoms with van der Waals surface area (Å²) in [5.74, 6) is 1.69. The first kappa shape index (κ1) is 10.3. The Hall–Kier alpha value is -0.880. The monoisotopic (exact) mass is 298 g/mol. The van der Waals surface area contributed by atoms with E-state index in [1.54, 1.807) is 11.3 Å². The second-order valence-corrected chi connectivity index (χ2v) is 5.68. The normalized spacial score (nSPS) is 24.1. The molecule has 2 aliphatic rings. The summed E-state index contributed by atoms with van der Waals surface area (Å²) in [6.07, 6.45) is 0.869. The van der Waals surface area contributed by atoms with Crippen molar-refractivity contribution in [3.63, 3.8) is 0 Å². The first-order valence-corrected chi connectivity index (χ1v) is 6.79. The Morgan fingerprint density at radius 2 is 2.44 bits per heavy atom.